The first-order valence-electron chi connectivity index (χ1n) is 10.4. The normalized spacial score (nSPS) is 13.7. The molecule has 0 saturated carbocycles. The van der Waals surface area contributed by atoms with Crippen LogP contribution < -0.4 is 5.56 Å². The summed E-state index contributed by atoms with van der Waals surface area (Å²) in [4.78, 5) is 27.3. The summed E-state index contributed by atoms with van der Waals surface area (Å²) in [6, 6.07) is 19.1. The highest BCUT2D eigenvalue weighted by Gasteiger charge is 2.21. The predicted molar refractivity (Wildman–Crippen MR) is 128 cm³/mol. The number of halogens is 2. The summed E-state index contributed by atoms with van der Waals surface area (Å²) in [7, 11) is 0. The fourth-order valence-electron chi connectivity index (χ4n) is 3.96. The standard InChI is InChI=1S/C25H20Cl2N4O/c26-19-7-5-17(6-8-19)24-29-23-10-11-31(15-21(23)25(32)30-24)14-16-4-9-22(28-13-16)18-2-1-3-20(27)12-18/h1-9,12-13H,10-11,14-15H2,(H,29,30,32). The number of pyridine rings is 1. The summed E-state index contributed by atoms with van der Waals surface area (Å²) < 4.78 is 0. The smallest absolute Gasteiger partial charge is 0.255 e. The second-order valence-corrected chi connectivity index (χ2v) is 8.74. The molecule has 0 saturated heterocycles. The zero-order valence-electron chi connectivity index (χ0n) is 17.2. The minimum absolute atomic E-state index is 0.0842. The van der Waals surface area contributed by atoms with Crippen molar-refractivity contribution in [2.24, 2.45) is 0 Å². The van der Waals surface area contributed by atoms with E-state index in [-0.39, 0.29) is 5.56 Å². The molecule has 0 atom stereocenters. The molecule has 5 rings (SSSR count). The van der Waals surface area contributed by atoms with E-state index in [2.05, 4.69) is 20.9 Å². The zero-order chi connectivity index (χ0) is 22.1. The molecule has 32 heavy (non-hydrogen) atoms. The van der Waals surface area contributed by atoms with Crippen LogP contribution >= 0.6 is 23.2 Å². The van der Waals surface area contributed by atoms with Crippen LogP contribution in [-0.2, 0) is 19.5 Å². The third-order valence-electron chi connectivity index (χ3n) is 5.62. The monoisotopic (exact) mass is 462 g/mol. The second-order valence-electron chi connectivity index (χ2n) is 7.87. The third-order valence-corrected chi connectivity index (χ3v) is 6.10. The van der Waals surface area contributed by atoms with Crippen LogP contribution in [0.25, 0.3) is 22.6 Å². The Hall–Kier alpha value is -2.99. The van der Waals surface area contributed by atoms with Crippen LogP contribution in [0.3, 0.4) is 0 Å². The molecule has 1 aliphatic rings. The van der Waals surface area contributed by atoms with Crippen molar-refractivity contribution < 1.29 is 0 Å². The van der Waals surface area contributed by atoms with E-state index in [0.29, 0.717) is 22.4 Å². The van der Waals surface area contributed by atoms with Crippen LogP contribution in [0, 0.1) is 0 Å². The maximum atomic E-state index is 12.8. The lowest BCUT2D eigenvalue weighted by atomic mass is 10.1. The van der Waals surface area contributed by atoms with Gasteiger partial charge in [0.25, 0.3) is 5.56 Å². The molecule has 0 amide bonds. The lowest BCUT2D eigenvalue weighted by molar-refractivity contribution is 0.241. The molecule has 7 heteroatoms. The summed E-state index contributed by atoms with van der Waals surface area (Å²) in [5.41, 5.74) is 5.34. The third kappa shape index (κ3) is 4.46. The number of benzene rings is 2. The Morgan fingerprint density at radius 2 is 1.81 bits per heavy atom. The number of hydrogen-bond donors (Lipinski definition) is 1. The molecule has 0 aliphatic carbocycles. The van der Waals surface area contributed by atoms with Gasteiger partial charge in [-0.1, -0.05) is 41.4 Å². The highest BCUT2D eigenvalue weighted by molar-refractivity contribution is 6.31. The van der Waals surface area contributed by atoms with Gasteiger partial charge in [-0.3, -0.25) is 14.7 Å². The lowest BCUT2D eigenvalue weighted by Gasteiger charge is -2.27. The summed E-state index contributed by atoms with van der Waals surface area (Å²) >= 11 is 12.1. The molecule has 2 aromatic heterocycles. The molecule has 160 valence electrons. The molecule has 3 heterocycles. The maximum absolute atomic E-state index is 12.8. The van der Waals surface area contributed by atoms with Crippen molar-refractivity contribution in [3.05, 3.63) is 104 Å². The SMILES string of the molecule is O=c1[nH]c(-c2ccc(Cl)cc2)nc2c1CN(Cc1ccc(-c3cccc(Cl)c3)nc1)CC2. The van der Waals surface area contributed by atoms with Gasteiger partial charge in [-0.2, -0.15) is 0 Å². The number of rotatable bonds is 4. The number of aromatic nitrogens is 3. The van der Waals surface area contributed by atoms with Crippen LogP contribution in [0.1, 0.15) is 16.8 Å². The van der Waals surface area contributed by atoms with E-state index in [0.717, 1.165) is 53.2 Å². The largest absolute Gasteiger partial charge is 0.306 e. The summed E-state index contributed by atoms with van der Waals surface area (Å²) in [5.74, 6) is 0.583. The molecule has 2 aromatic carbocycles. The van der Waals surface area contributed by atoms with Gasteiger partial charge < -0.3 is 4.98 Å². The Labute approximate surface area is 195 Å². The minimum Gasteiger partial charge on any atom is -0.306 e. The van der Waals surface area contributed by atoms with E-state index < -0.39 is 0 Å². The molecular formula is C25H20Cl2N4O. The van der Waals surface area contributed by atoms with Crippen molar-refractivity contribution in [2.45, 2.75) is 19.5 Å². The van der Waals surface area contributed by atoms with Crippen molar-refractivity contribution >= 4 is 23.2 Å². The average Bonchev–Trinajstić information content (AvgIpc) is 2.80. The zero-order valence-corrected chi connectivity index (χ0v) is 18.7. The van der Waals surface area contributed by atoms with E-state index in [4.69, 9.17) is 28.2 Å². The van der Waals surface area contributed by atoms with Gasteiger partial charge >= 0.3 is 0 Å². The molecule has 5 nitrogen and oxygen atoms in total. The maximum Gasteiger partial charge on any atom is 0.255 e. The second kappa shape index (κ2) is 8.87. The molecule has 0 unspecified atom stereocenters. The predicted octanol–water partition coefficient (Wildman–Crippen LogP) is 5.36. The van der Waals surface area contributed by atoms with E-state index >= 15 is 0 Å². The van der Waals surface area contributed by atoms with Gasteiger partial charge in [0.05, 0.1) is 17.0 Å². The van der Waals surface area contributed by atoms with Gasteiger partial charge in [0.1, 0.15) is 5.82 Å². The van der Waals surface area contributed by atoms with Crippen molar-refractivity contribution in [3.63, 3.8) is 0 Å². The Morgan fingerprint density at radius 1 is 0.969 bits per heavy atom. The summed E-state index contributed by atoms with van der Waals surface area (Å²) in [5, 5.41) is 1.35. The number of hydrogen-bond acceptors (Lipinski definition) is 4. The van der Waals surface area contributed by atoms with Crippen molar-refractivity contribution in [1.82, 2.24) is 19.9 Å². The van der Waals surface area contributed by atoms with Gasteiger partial charge in [-0.05, 0) is 48.0 Å². The summed E-state index contributed by atoms with van der Waals surface area (Å²) in [6.07, 6.45) is 2.62. The first-order chi connectivity index (χ1) is 15.5. The van der Waals surface area contributed by atoms with Crippen LogP contribution in [0.15, 0.2) is 71.7 Å². The summed E-state index contributed by atoms with van der Waals surface area (Å²) in [6.45, 7) is 2.12. The Bertz CT molecular complexity index is 1320. The number of H-pyrrole nitrogens is 1. The topological polar surface area (TPSA) is 61.9 Å². The Morgan fingerprint density at radius 3 is 2.56 bits per heavy atom. The molecular weight excluding hydrogens is 443 g/mol. The van der Waals surface area contributed by atoms with Gasteiger partial charge in [-0.25, -0.2) is 4.98 Å². The van der Waals surface area contributed by atoms with Crippen molar-refractivity contribution in [3.8, 4) is 22.6 Å². The fraction of sp³-hybridized carbons (Fsp3) is 0.160. The first kappa shape index (κ1) is 20.9. The van der Waals surface area contributed by atoms with E-state index in [9.17, 15) is 4.79 Å². The van der Waals surface area contributed by atoms with E-state index in [1.165, 1.54) is 0 Å². The van der Waals surface area contributed by atoms with Gasteiger partial charge in [0, 0.05) is 53.4 Å². The number of aromatic amines is 1. The molecule has 0 bridgehead atoms. The minimum atomic E-state index is -0.0842. The van der Waals surface area contributed by atoms with Crippen LogP contribution in [0.4, 0.5) is 0 Å². The number of fused-ring (bicyclic) bond motifs is 1. The quantitative estimate of drug-likeness (QED) is 0.443. The Kier molecular flexibility index (Phi) is 5.79. The molecule has 0 spiro atoms. The average molecular weight is 463 g/mol. The number of nitrogens with one attached hydrogen (secondary N) is 1. The molecule has 0 radical (unpaired) electrons. The van der Waals surface area contributed by atoms with Gasteiger partial charge in [0.15, 0.2) is 0 Å². The highest BCUT2D eigenvalue weighted by atomic mass is 35.5. The molecule has 4 aromatic rings. The Balaban J connectivity index is 1.31. The van der Waals surface area contributed by atoms with Crippen LogP contribution in [0.5, 0.6) is 0 Å². The molecule has 1 N–H and O–H groups in total. The van der Waals surface area contributed by atoms with Crippen molar-refractivity contribution in [1.29, 1.82) is 0 Å². The van der Waals surface area contributed by atoms with Crippen molar-refractivity contribution in [2.75, 3.05) is 6.54 Å². The first-order valence-corrected chi connectivity index (χ1v) is 11.1. The molecule has 0 fully saturated rings. The molecule has 1 aliphatic heterocycles. The van der Waals surface area contributed by atoms with Crippen LogP contribution in [0.2, 0.25) is 10.0 Å². The van der Waals surface area contributed by atoms with E-state index in [1.807, 2.05) is 48.7 Å². The van der Waals surface area contributed by atoms with Gasteiger partial charge in [-0.15, -0.1) is 0 Å². The van der Waals surface area contributed by atoms with E-state index in [1.54, 1.807) is 12.1 Å². The lowest BCUT2D eigenvalue weighted by Crippen LogP contribution is -2.35. The van der Waals surface area contributed by atoms with Crippen LogP contribution in [-0.4, -0.2) is 26.4 Å². The van der Waals surface area contributed by atoms with Gasteiger partial charge in [0.2, 0.25) is 0 Å². The number of nitrogens with zero attached hydrogens (tertiary/aromatic N) is 3. The highest BCUT2D eigenvalue weighted by Crippen LogP contribution is 2.23. The fourth-order valence-corrected chi connectivity index (χ4v) is 4.27.